The van der Waals surface area contributed by atoms with Crippen LogP contribution in [-0.4, -0.2) is 19.4 Å². The van der Waals surface area contributed by atoms with Crippen molar-refractivity contribution in [2.75, 3.05) is 18.0 Å². The average molecular weight is 223 g/mol. The molecule has 0 aliphatic carbocycles. The fourth-order valence-electron chi connectivity index (χ4n) is 2.08. The SMILES string of the molecule is O=Cc1cc(N2CCCCCCC2)cs1. The Balaban J connectivity index is 2.03. The summed E-state index contributed by atoms with van der Waals surface area (Å²) in [5.74, 6) is 0. The molecule has 0 unspecified atom stereocenters. The third kappa shape index (κ3) is 2.81. The van der Waals surface area contributed by atoms with Gasteiger partial charge in [-0.3, -0.25) is 4.79 Å². The summed E-state index contributed by atoms with van der Waals surface area (Å²) in [6.07, 6.45) is 7.59. The first-order valence-corrected chi connectivity index (χ1v) is 6.57. The van der Waals surface area contributed by atoms with E-state index in [1.165, 1.54) is 37.8 Å². The molecule has 1 aromatic heterocycles. The van der Waals surface area contributed by atoms with Gasteiger partial charge in [-0.15, -0.1) is 11.3 Å². The van der Waals surface area contributed by atoms with Crippen molar-refractivity contribution in [2.24, 2.45) is 0 Å². The molecule has 2 heterocycles. The van der Waals surface area contributed by atoms with Gasteiger partial charge in [0.05, 0.1) is 4.88 Å². The highest BCUT2D eigenvalue weighted by molar-refractivity contribution is 7.12. The second-order valence-corrected chi connectivity index (χ2v) is 5.02. The van der Waals surface area contributed by atoms with E-state index >= 15 is 0 Å². The Kier molecular flexibility index (Phi) is 3.78. The van der Waals surface area contributed by atoms with Gasteiger partial charge in [-0.1, -0.05) is 19.3 Å². The lowest BCUT2D eigenvalue weighted by Gasteiger charge is -2.25. The highest BCUT2D eigenvalue weighted by Crippen LogP contribution is 2.24. The summed E-state index contributed by atoms with van der Waals surface area (Å²) < 4.78 is 0. The zero-order valence-corrected chi connectivity index (χ0v) is 9.76. The number of carbonyl (C=O) groups is 1. The number of aldehydes is 1. The third-order valence-electron chi connectivity index (χ3n) is 2.94. The number of hydrogen-bond donors (Lipinski definition) is 0. The first-order valence-electron chi connectivity index (χ1n) is 5.69. The van der Waals surface area contributed by atoms with Crippen LogP contribution in [0.15, 0.2) is 11.4 Å². The first-order chi connectivity index (χ1) is 7.40. The van der Waals surface area contributed by atoms with Gasteiger partial charge in [-0.05, 0) is 18.9 Å². The van der Waals surface area contributed by atoms with Gasteiger partial charge in [-0.25, -0.2) is 0 Å². The Hall–Kier alpha value is -0.830. The number of rotatable bonds is 2. The molecule has 0 N–H and O–H groups in total. The molecule has 15 heavy (non-hydrogen) atoms. The highest BCUT2D eigenvalue weighted by atomic mass is 32.1. The van der Waals surface area contributed by atoms with Crippen molar-refractivity contribution in [1.82, 2.24) is 0 Å². The van der Waals surface area contributed by atoms with Crippen LogP contribution in [0.1, 0.15) is 41.8 Å². The maximum Gasteiger partial charge on any atom is 0.160 e. The molecule has 2 rings (SSSR count). The predicted octanol–water partition coefficient (Wildman–Crippen LogP) is 3.33. The molecule has 0 spiro atoms. The van der Waals surface area contributed by atoms with Crippen molar-refractivity contribution >= 4 is 23.3 Å². The van der Waals surface area contributed by atoms with Crippen LogP contribution in [-0.2, 0) is 0 Å². The molecule has 2 nitrogen and oxygen atoms in total. The quantitative estimate of drug-likeness (QED) is 0.717. The highest BCUT2D eigenvalue weighted by Gasteiger charge is 2.10. The predicted molar refractivity (Wildman–Crippen MR) is 65.0 cm³/mol. The summed E-state index contributed by atoms with van der Waals surface area (Å²) in [7, 11) is 0. The molecule has 0 aromatic carbocycles. The number of hydrogen-bond acceptors (Lipinski definition) is 3. The van der Waals surface area contributed by atoms with Crippen molar-refractivity contribution in [2.45, 2.75) is 32.1 Å². The Morgan fingerprint density at radius 3 is 2.40 bits per heavy atom. The van der Waals surface area contributed by atoms with Crippen LogP contribution in [0.5, 0.6) is 0 Å². The van der Waals surface area contributed by atoms with Gasteiger partial charge in [0, 0.05) is 24.2 Å². The van der Waals surface area contributed by atoms with Gasteiger partial charge in [0.25, 0.3) is 0 Å². The van der Waals surface area contributed by atoms with E-state index in [0.29, 0.717) is 0 Å². The second-order valence-electron chi connectivity index (χ2n) is 4.08. The van der Waals surface area contributed by atoms with Crippen LogP contribution in [0, 0.1) is 0 Å². The second kappa shape index (κ2) is 5.31. The van der Waals surface area contributed by atoms with Gasteiger partial charge in [0.1, 0.15) is 0 Å². The molecule has 0 amide bonds. The molecular weight excluding hydrogens is 206 g/mol. The zero-order chi connectivity index (χ0) is 10.5. The minimum Gasteiger partial charge on any atom is -0.371 e. The molecule has 1 saturated heterocycles. The van der Waals surface area contributed by atoms with E-state index in [-0.39, 0.29) is 0 Å². The fraction of sp³-hybridized carbons (Fsp3) is 0.583. The summed E-state index contributed by atoms with van der Waals surface area (Å²) in [4.78, 5) is 13.9. The van der Waals surface area contributed by atoms with Crippen LogP contribution in [0.25, 0.3) is 0 Å². The van der Waals surface area contributed by atoms with E-state index in [9.17, 15) is 4.79 Å². The minimum atomic E-state index is 0.840. The van der Waals surface area contributed by atoms with E-state index in [1.54, 1.807) is 11.3 Å². The average Bonchev–Trinajstić information content (AvgIpc) is 2.65. The van der Waals surface area contributed by atoms with Crippen LogP contribution >= 0.6 is 11.3 Å². The minimum absolute atomic E-state index is 0.840. The molecule has 82 valence electrons. The monoisotopic (exact) mass is 223 g/mol. The van der Waals surface area contributed by atoms with E-state index in [2.05, 4.69) is 10.3 Å². The van der Waals surface area contributed by atoms with Crippen molar-refractivity contribution < 1.29 is 4.79 Å². The summed E-state index contributed by atoms with van der Waals surface area (Å²) in [6.45, 7) is 2.30. The van der Waals surface area contributed by atoms with Gasteiger partial charge in [0.15, 0.2) is 6.29 Å². The molecule has 0 bridgehead atoms. The number of carbonyl (C=O) groups excluding carboxylic acids is 1. The Morgan fingerprint density at radius 1 is 1.13 bits per heavy atom. The van der Waals surface area contributed by atoms with E-state index in [4.69, 9.17) is 0 Å². The summed E-state index contributed by atoms with van der Waals surface area (Å²) in [5, 5.41) is 2.10. The molecule has 1 aliphatic rings. The van der Waals surface area contributed by atoms with Gasteiger partial charge >= 0.3 is 0 Å². The van der Waals surface area contributed by atoms with E-state index in [1.807, 2.05) is 6.07 Å². The van der Waals surface area contributed by atoms with Gasteiger partial charge < -0.3 is 4.90 Å². The van der Waals surface area contributed by atoms with Crippen LogP contribution in [0.4, 0.5) is 5.69 Å². The Bertz CT molecular complexity index is 313. The molecule has 0 saturated carbocycles. The van der Waals surface area contributed by atoms with Crippen LogP contribution in [0.2, 0.25) is 0 Å². The van der Waals surface area contributed by atoms with Gasteiger partial charge in [-0.2, -0.15) is 0 Å². The first kappa shape index (κ1) is 10.7. The van der Waals surface area contributed by atoms with E-state index < -0.39 is 0 Å². The molecule has 1 fully saturated rings. The molecule has 3 heteroatoms. The smallest absolute Gasteiger partial charge is 0.160 e. The van der Waals surface area contributed by atoms with Crippen LogP contribution in [0.3, 0.4) is 0 Å². The molecule has 1 aliphatic heterocycles. The fourth-order valence-corrected chi connectivity index (χ4v) is 2.79. The summed E-state index contributed by atoms with van der Waals surface area (Å²) in [5.41, 5.74) is 1.24. The maximum absolute atomic E-state index is 10.6. The number of nitrogens with zero attached hydrogens (tertiary/aromatic N) is 1. The number of anilines is 1. The summed E-state index contributed by atoms with van der Waals surface area (Å²) >= 11 is 1.55. The van der Waals surface area contributed by atoms with Crippen molar-refractivity contribution in [3.63, 3.8) is 0 Å². The normalized spacial score (nSPS) is 18.3. The van der Waals surface area contributed by atoms with Crippen LogP contribution < -0.4 is 4.90 Å². The van der Waals surface area contributed by atoms with Crippen molar-refractivity contribution in [3.05, 3.63) is 16.3 Å². The Labute approximate surface area is 94.9 Å². The number of thiophene rings is 1. The lowest BCUT2D eigenvalue weighted by molar-refractivity contribution is 0.112. The zero-order valence-electron chi connectivity index (χ0n) is 8.95. The largest absolute Gasteiger partial charge is 0.371 e. The summed E-state index contributed by atoms with van der Waals surface area (Å²) in [6, 6.07) is 2.01. The lowest BCUT2D eigenvalue weighted by atomic mass is 10.1. The maximum atomic E-state index is 10.6. The molecule has 0 radical (unpaired) electrons. The van der Waals surface area contributed by atoms with Crippen molar-refractivity contribution in [1.29, 1.82) is 0 Å². The van der Waals surface area contributed by atoms with Crippen molar-refractivity contribution in [3.8, 4) is 0 Å². The standard InChI is InChI=1S/C12H17NOS/c14-9-12-8-11(10-15-12)13-6-4-2-1-3-5-7-13/h8-10H,1-7H2. The Morgan fingerprint density at radius 2 is 1.80 bits per heavy atom. The molecule has 0 atom stereocenters. The lowest BCUT2D eigenvalue weighted by Crippen LogP contribution is -2.26. The molecule has 1 aromatic rings. The topological polar surface area (TPSA) is 20.3 Å². The third-order valence-corrected chi connectivity index (χ3v) is 3.79. The van der Waals surface area contributed by atoms with E-state index in [0.717, 1.165) is 24.3 Å². The van der Waals surface area contributed by atoms with Gasteiger partial charge in [0.2, 0.25) is 0 Å². The molecular formula is C12H17NOS.